The maximum absolute atomic E-state index is 12.5. The molecule has 0 radical (unpaired) electrons. The number of alkyl halides is 6. The Hall–Kier alpha value is -1.32. The van der Waals surface area contributed by atoms with E-state index in [-0.39, 0.29) is 12.4 Å². The highest BCUT2D eigenvalue weighted by molar-refractivity contribution is 5.07. The Kier molecular flexibility index (Phi) is 3.89. The fraction of sp³-hybridized carbons (Fsp3) is 0.750. The van der Waals surface area contributed by atoms with Gasteiger partial charge in [-0.3, -0.25) is 0 Å². The summed E-state index contributed by atoms with van der Waals surface area (Å²) in [6.45, 7) is 0.333. The topological polar surface area (TPSA) is 50.9 Å². The Morgan fingerprint density at radius 3 is 1.94 bits per heavy atom. The van der Waals surface area contributed by atoms with Gasteiger partial charge in [-0.15, -0.1) is 10.2 Å². The molecule has 1 N–H and O–H groups in total. The van der Waals surface area contributed by atoms with Gasteiger partial charge in [-0.25, -0.2) is 0 Å². The Labute approximate surface area is 97.2 Å². The van der Waals surface area contributed by atoms with Crippen molar-refractivity contribution in [2.24, 2.45) is 0 Å². The lowest BCUT2D eigenvalue weighted by molar-refractivity contribution is -0.256. The third-order valence-electron chi connectivity index (χ3n) is 2.23. The first-order chi connectivity index (χ1) is 8.12. The zero-order valence-corrected chi connectivity index (χ0v) is 9.05. The summed E-state index contributed by atoms with van der Waals surface area (Å²) in [4.78, 5) is 0. The number of nitrogens with zero attached hydrogens (tertiary/aromatic N) is 3. The lowest BCUT2D eigenvalue weighted by atomic mass is 10.1. The van der Waals surface area contributed by atoms with Crippen molar-refractivity contribution in [2.45, 2.75) is 38.3 Å². The highest BCUT2D eigenvalue weighted by Gasteiger charge is 2.60. The quantitative estimate of drug-likeness (QED) is 0.860. The number of hydrogen-bond donors (Lipinski definition) is 1. The number of halogens is 6. The number of aliphatic hydroxyl groups excluding tert-OH is 1. The average Bonchev–Trinajstić information content (AvgIpc) is 2.55. The van der Waals surface area contributed by atoms with E-state index in [0.717, 1.165) is 0 Å². The van der Waals surface area contributed by atoms with E-state index in [2.05, 4.69) is 10.2 Å². The van der Waals surface area contributed by atoms with Crippen LogP contribution in [0.15, 0.2) is 0 Å². The molecule has 0 fully saturated rings. The smallest absolute Gasteiger partial charge is 0.388 e. The molecule has 0 aliphatic heterocycles. The van der Waals surface area contributed by atoms with Crippen molar-refractivity contribution in [1.29, 1.82) is 0 Å². The monoisotopic (exact) mass is 277 g/mol. The molecule has 0 saturated carbocycles. The number of aliphatic hydroxyl groups is 1. The van der Waals surface area contributed by atoms with Crippen LogP contribution in [0.25, 0.3) is 0 Å². The van der Waals surface area contributed by atoms with Crippen LogP contribution in [-0.4, -0.2) is 32.2 Å². The van der Waals surface area contributed by atoms with Crippen molar-refractivity contribution >= 4 is 0 Å². The van der Waals surface area contributed by atoms with E-state index in [4.69, 9.17) is 5.11 Å². The minimum Gasteiger partial charge on any atom is -0.388 e. The maximum atomic E-state index is 12.5. The molecule has 4 nitrogen and oxygen atoms in total. The van der Waals surface area contributed by atoms with E-state index in [1.807, 2.05) is 0 Å². The molecule has 0 saturated heterocycles. The van der Waals surface area contributed by atoms with Crippen LogP contribution in [0.1, 0.15) is 24.5 Å². The van der Waals surface area contributed by atoms with E-state index in [1.54, 1.807) is 0 Å². The van der Waals surface area contributed by atoms with Gasteiger partial charge in [0.15, 0.2) is 11.6 Å². The van der Waals surface area contributed by atoms with Gasteiger partial charge < -0.3 is 9.67 Å². The van der Waals surface area contributed by atoms with Gasteiger partial charge in [0.2, 0.25) is 5.92 Å². The Balaban J connectivity index is 3.35. The molecule has 1 rings (SSSR count). The molecule has 1 heterocycles. The second kappa shape index (κ2) is 4.75. The summed E-state index contributed by atoms with van der Waals surface area (Å²) in [6, 6.07) is 0. The van der Waals surface area contributed by atoms with Crippen LogP contribution in [0, 0.1) is 0 Å². The normalized spacial score (nSPS) is 13.4. The molecule has 0 unspecified atom stereocenters. The maximum Gasteiger partial charge on any atom is 0.407 e. The molecule has 0 bridgehead atoms. The molecule has 0 spiro atoms. The summed E-state index contributed by atoms with van der Waals surface area (Å²) in [5.74, 6) is -5.31. The van der Waals surface area contributed by atoms with Gasteiger partial charge >= 0.3 is 12.4 Å². The molecular weight excluding hydrogens is 268 g/mol. The SMILES string of the molecule is CCn1c(CO)nnc1C(C(F)(F)F)C(F)(F)F. The Morgan fingerprint density at radius 2 is 1.61 bits per heavy atom. The van der Waals surface area contributed by atoms with Crippen molar-refractivity contribution in [3.8, 4) is 0 Å². The standard InChI is InChI=1S/C8H9F6N3O/c1-2-17-4(3-18)15-16-6(17)5(7(9,10)11)8(12,13)14/h5,18H,2-3H2,1H3. The lowest BCUT2D eigenvalue weighted by Gasteiger charge is -2.22. The molecule has 18 heavy (non-hydrogen) atoms. The van der Waals surface area contributed by atoms with Crippen LogP contribution >= 0.6 is 0 Å². The summed E-state index contributed by atoms with van der Waals surface area (Å²) < 4.78 is 75.4. The van der Waals surface area contributed by atoms with Gasteiger partial charge in [-0.1, -0.05) is 0 Å². The number of rotatable bonds is 3. The summed E-state index contributed by atoms with van der Waals surface area (Å²) in [7, 11) is 0. The van der Waals surface area contributed by atoms with Gasteiger partial charge in [0.05, 0.1) is 0 Å². The lowest BCUT2D eigenvalue weighted by Crippen LogP contribution is -2.36. The Morgan fingerprint density at radius 1 is 1.11 bits per heavy atom. The van der Waals surface area contributed by atoms with E-state index in [0.29, 0.717) is 4.57 Å². The van der Waals surface area contributed by atoms with Gasteiger partial charge in [0.25, 0.3) is 0 Å². The molecule has 1 aromatic heterocycles. The van der Waals surface area contributed by atoms with Crippen molar-refractivity contribution in [3.05, 3.63) is 11.6 Å². The van der Waals surface area contributed by atoms with Crippen molar-refractivity contribution in [2.75, 3.05) is 0 Å². The minimum atomic E-state index is -5.52. The van der Waals surface area contributed by atoms with E-state index >= 15 is 0 Å². The van der Waals surface area contributed by atoms with Gasteiger partial charge in [0.1, 0.15) is 6.61 Å². The first-order valence-electron chi connectivity index (χ1n) is 4.79. The van der Waals surface area contributed by atoms with Crippen molar-refractivity contribution < 1.29 is 31.4 Å². The number of aromatic nitrogens is 3. The second-order valence-corrected chi connectivity index (χ2v) is 3.39. The first kappa shape index (κ1) is 14.7. The van der Waals surface area contributed by atoms with Gasteiger partial charge in [-0.05, 0) is 6.92 Å². The van der Waals surface area contributed by atoms with Crippen LogP contribution in [0.5, 0.6) is 0 Å². The fourth-order valence-corrected chi connectivity index (χ4v) is 1.50. The Bertz CT molecular complexity index is 396. The van der Waals surface area contributed by atoms with Crippen LogP contribution in [0.2, 0.25) is 0 Å². The first-order valence-corrected chi connectivity index (χ1v) is 4.79. The highest BCUT2D eigenvalue weighted by Crippen LogP contribution is 2.45. The average molecular weight is 277 g/mol. The predicted molar refractivity (Wildman–Crippen MR) is 46.5 cm³/mol. The van der Waals surface area contributed by atoms with Crippen molar-refractivity contribution in [1.82, 2.24) is 14.8 Å². The molecule has 0 aliphatic rings. The summed E-state index contributed by atoms with van der Waals surface area (Å²) >= 11 is 0. The molecule has 0 aromatic carbocycles. The molecule has 0 amide bonds. The second-order valence-electron chi connectivity index (χ2n) is 3.39. The summed E-state index contributed by atoms with van der Waals surface area (Å²) in [6.07, 6.45) is -11.0. The molecule has 104 valence electrons. The van der Waals surface area contributed by atoms with E-state index in [1.165, 1.54) is 6.92 Å². The third kappa shape index (κ3) is 2.74. The van der Waals surface area contributed by atoms with Crippen LogP contribution in [0.4, 0.5) is 26.3 Å². The fourth-order valence-electron chi connectivity index (χ4n) is 1.50. The summed E-state index contributed by atoms with van der Waals surface area (Å²) in [5, 5.41) is 14.8. The van der Waals surface area contributed by atoms with Crippen LogP contribution < -0.4 is 0 Å². The zero-order chi connectivity index (χ0) is 14.1. The van der Waals surface area contributed by atoms with Gasteiger partial charge in [0, 0.05) is 6.54 Å². The zero-order valence-electron chi connectivity index (χ0n) is 9.05. The van der Waals surface area contributed by atoms with Crippen LogP contribution in [-0.2, 0) is 13.2 Å². The van der Waals surface area contributed by atoms with Gasteiger partial charge in [-0.2, -0.15) is 26.3 Å². The molecule has 0 aliphatic carbocycles. The van der Waals surface area contributed by atoms with Crippen molar-refractivity contribution in [3.63, 3.8) is 0 Å². The molecule has 0 atom stereocenters. The molecular formula is C8H9F6N3O. The molecule has 10 heteroatoms. The summed E-state index contributed by atoms with van der Waals surface area (Å²) in [5.41, 5.74) is 0. The predicted octanol–water partition coefficient (Wildman–Crippen LogP) is 2.00. The third-order valence-corrected chi connectivity index (χ3v) is 2.23. The van der Waals surface area contributed by atoms with E-state index in [9.17, 15) is 26.3 Å². The van der Waals surface area contributed by atoms with E-state index < -0.39 is 30.7 Å². The minimum absolute atomic E-state index is 0.207. The van der Waals surface area contributed by atoms with Crippen LogP contribution in [0.3, 0.4) is 0 Å². The molecule has 1 aromatic rings. The highest BCUT2D eigenvalue weighted by atomic mass is 19.4. The number of hydrogen-bond acceptors (Lipinski definition) is 3. The largest absolute Gasteiger partial charge is 0.407 e.